The van der Waals surface area contributed by atoms with Gasteiger partial charge in [-0.1, -0.05) is 41.9 Å². The number of pyridine rings is 1. The van der Waals surface area contributed by atoms with E-state index in [1.165, 1.54) is 0 Å². The van der Waals surface area contributed by atoms with E-state index in [-0.39, 0.29) is 64.6 Å². The highest BCUT2D eigenvalue weighted by Crippen LogP contribution is 2.47. The molecule has 21 heteroatoms. The zero-order valence-corrected chi connectivity index (χ0v) is 40.4. The van der Waals surface area contributed by atoms with Gasteiger partial charge >= 0.3 is 11.9 Å². The molecule has 18 nitrogen and oxygen atoms in total. The molecule has 0 saturated carbocycles. The van der Waals surface area contributed by atoms with Crippen molar-refractivity contribution in [2.75, 3.05) is 41.4 Å². The topological polar surface area (TPSA) is 242 Å². The average molecular weight is 1010 g/mol. The number of ether oxygens (including phenoxy) is 1. The number of imide groups is 1. The van der Waals surface area contributed by atoms with Crippen LogP contribution in [0, 0.1) is 0 Å². The van der Waals surface area contributed by atoms with Gasteiger partial charge in [-0.15, -0.1) is 11.3 Å². The van der Waals surface area contributed by atoms with Crippen LogP contribution in [0.1, 0.15) is 89.6 Å². The van der Waals surface area contributed by atoms with Gasteiger partial charge in [-0.2, -0.15) is 4.31 Å². The molecule has 3 aromatic carbocycles. The Hall–Kier alpha value is -6.74. The molecular formula is C49H47ClN8O10S2. The number of anilines is 3. The first-order valence-corrected chi connectivity index (χ1v) is 25.6. The number of carboxylic acid groups (broad SMARTS) is 2. The summed E-state index contributed by atoms with van der Waals surface area (Å²) >= 11 is 7.42. The zero-order valence-electron chi connectivity index (χ0n) is 38.0. The molecule has 0 bridgehead atoms. The van der Waals surface area contributed by atoms with Crippen molar-refractivity contribution in [3.63, 3.8) is 0 Å². The summed E-state index contributed by atoms with van der Waals surface area (Å²) in [4.78, 5) is 79.6. The number of hydrogen-bond donors (Lipinski definition) is 4. The van der Waals surface area contributed by atoms with Crippen molar-refractivity contribution in [1.82, 2.24) is 24.6 Å². The molecule has 4 aliphatic heterocycles. The summed E-state index contributed by atoms with van der Waals surface area (Å²) in [5, 5.41) is 26.5. The molecule has 10 rings (SSSR count). The maximum atomic E-state index is 14.2. The van der Waals surface area contributed by atoms with Gasteiger partial charge < -0.3 is 25.2 Å². The lowest BCUT2D eigenvalue weighted by molar-refractivity contribution is -0.139. The Morgan fingerprint density at radius 2 is 1.76 bits per heavy atom. The van der Waals surface area contributed by atoms with Crippen LogP contribution in [-0.2, 0) is 30.2 Å². The summed E-state index contributed by atoms with van der Waals surface area (Å²) in [6, 6.07) is 19.4. The Morgan fingerprint density at radius 1 is 0.971 bits per heavy atom. The van der Waals surface area contributed by atoms with Crippen LogP contribution in [0.25, 0.3) is 32.4 Å². The molecule has 2 atom stereocenters. The van der Waals surface area contributed by atoms with Crippen LogP contribution in [-0.4, -0.2) is 111 Å². The number of halogens is 1. The molecule has 3 aromatic heterocycles. The van der Waals surface area contributed by atoms with E-state index in [0.717, 1.165) is 40.5 Å². The minimum atomic E-state index is -3.85. The lowest BCUT2D eigenvalue weighted by Gasteiger charge is -2.44. The maximum Gasteiger partial charge on any atom is 0.349 e. The van der Waals surface area contributed by atoms with Crippen LogP contribution in [0.3, 0.4) is 0 Å². The standard InChI is InChI=1S/C49H47ClN8O10S2/c1-49(2)22-29(52-28-6-3-5-27(21-28)43-41(50)42(68-24-39(60)61)44(69-43)48(64)65)17-20-57(49)70(66,67)25-30-9-11-34-45(53-30)54-37(23-51-34)56-18-15-26(16-19-56)31-10-12-35-40-32(31)7-4-8-33(40)47(63)58(35)36-13-14-38(59)55-46(36)62/h3-12,21,23,26,29,36,52H,13-20,22,24-25H2,1-2H3,(H,60,61)(H,64,65)(H,55,59,62). The number of benzene rings is 3. The van der Waals surface area contributed by atoms with Crippen LogP contribution < -0.4 is 25.2 Å². The predicted molar refractivity (Wildman–Crippen MR) is 263 cm³/mol. The minimum absolute atomic E-state index is 0.00166. The first kappa shape index (κ1) is 47.0. The number of rotatable bonds is 13. The van der Waals surface area contributed by atoms with Gasteiger partial charge in [0.05, 0.1) is 22.5 Å². The molecule has 3 fully saturated rings. The number of nitrogens with zero attached hydrogens (tertiary/aromatic N) is 6. The Kier molecular flexibility index (Phi) is 12.2. The van der Waals surface area contributed by atoms with Gasteiger partial charge in [-0.05, 0) is 105 Å². The maximum absolute atomic E-state index is 14.2. The molecule has 0 radical (unpaired) electrons. The molecule has 4 aliphatic rings. The molecule has 3 amide bonds. The number of nitrogens with one attached hydrogen (secondary N) is 2. The van der Waals surface area contributed by atoms with E-state index in [1.54, 1.807) is 45.7 Å². The zero-order chi connectivity index (χ0) is 49.2. The van der Waals surface area contributed by atoms with E-state index < -0.39 is 46.1 Å². The Labute approximate surface area is 410 Å². The fourth-order valence-corrected chi connectivity index (χ4v) is 13.8. The van der Waals surface area contributed by atoms with Crippen molar-refractivity contribution >= 4 is 102 Å². The predicted octanol–water partition coefficient (Wildman–Crippen LogP) is 7.06. The summed E-state index contributed by atoms with van der Waals surface area (Å²) < 4.78 is 35.1. The van der Waals surface area contributed by atoms with Crippen LogP contribution >= 0.6 is 22.9 Å². The van der Waals surface area contributed by atoms with E-state index in [9.17, 15) is 37.5 Å². The third kappa shape index (κ3) is 8.77. The first-order chi connectivity index (χ1) is 33.5. The number of aliphatic carboxylic acids is 1. The van der Waals surface area contributed by atoms with Crippen LogP contribution in [0.2, 0.25) is 5.02 Å². The summed E-state index contributed by atoms with van der Waals surface area (Å²) in [6.07, 6.45) is 4.75. The van der Waals surface area contributed by atoms with Gasteiger partial charge in [0.15, 0.2) is 22.9 Å². The Bertz CT molecular complexity index is 3280. The summed E-state index contributed by atoms with van der Waals surface area (Å²) in [7, 11) is -3.85. The van der Waals surface area contributed by atoms with E-state index in [1.807, 2.05) is 44.2 Å². The number of sulfonamides is 1. The van der Waals surface area contributed by atoms with Crippen LogP contribution in [0.5, 0.6) is 5.75 Å². The highest BCUT2D eigenvalue weighted by atomic mass is 35.5. The smallest absolute Gasteiger partial charge is 0.349 e. The van der Waals surface area contributed by atoms with Crippen molar-refractivity contribution in [1.29, 1.82) is 0 Å². The second-order valence-electron chi connectivity index (χ2n) is 18.6. The number of thiophene rings is 1. The quantitative estimate of drug-likeness (QED) is 0.0847. The highest BCUT2D eigenvalue weighted by Gasteiger charge is 2.43. The number of carbonyl (C=O) groups excluding carboxylic acids is 3. The average Bonchev–Trinajstić information content (AvgIpc) is 3.81. The van der Waals surface area contributed by atoms with E-state index in [2.05, 4.69) is 26.6 Å². The second-order valence-corrected chi connectivity index (χ2v) is 21.9. The lowest BCUT2D eigenvalue weighted by Crippen LogP contribution is -2.55. The number of fused-ring (bicyclic) bond motifs is 1. The molecule has 7 heterocycles. The fraction of sp³-hybridized carbons (Fsp3) is 0.347. The molecule has 362 valence electrons. The molecular weight excluding hydrogens is 960 g/mol. The number of carbonyl (C=O) groups is 5. The minimum Gasteiger partial charge on any atom is -0.479 e. The number of hydrogen-bond acceptors (Lipinski definition) is 14. The van der Waals surface area contributed by atoms with E-state index in [4.69, 9.17) is 31.4 Å². The van der Waals surface area contributed by atoms with Crippen molar-refractivity contribution in [2.24, 2.45) is 0 Å². The van der Waals surface area contributed by atoms with Gasteiger partial charge in [0.25, 0.3) is 5.91 Å². The van der Waals surface area contributed by atoms with Gasteiger partial charge in [-0.25, -0.2) is 33.0 Å². The fourth-order valence-electron chi connectivity index (χ4n) is 10.5. The highest BCUT2D eigenvalue weighted by molar-refractivity contribution is 7.88. The van der Waals surface area contributed by atoms with Gasteiger partial charge in [-0.3, -0.25) is 24.6 Å². The molecule has 2 unspecified atom stereocenters. The van der Waals surface area contributed by atoms with Gasteiger partial charge in [0.1, 0.15) is 28.2 Å². The second kappa shape index (κ2) is 18.2. The molecule has 0 spiro atoms. The molecule has 3 saturated heterocycles. The number of aromatic nitrogens is 3. The van der Waals surface area contributed by atoms with Crippen molar-refractivity contribution in [2.45, 2.75) is 81.7 Å². The summed E-state index contributed by atoms with van der Waals surface area (Å²) in [6.45, 7) is 4.65. The summed E-state index contributed by atoms with van der Waals surface area (Å²) in [5.41, 5.74) is 4.15. The summed E-state index contributed by atoms with van der Waals surface area (Å²) in [5.74, 6) is -3.29. The van der Waals surface area contributed by atoms with Gasteiger partial charge in [0, 0.05) is 54.3 Å². The molecule has 4 N–H and O–H groups in total. The van der Waals surface area contributed by atoms with Crippen LogP contribution in [0.4, 0.5) is 17.2 Å². The molecule has 70 heavy (non-hydrogen) atoms. The normalized spacial score (nSPS) is 19.7. The van der Waals surface area contributed by atoms with Gasteiger partial charge in [0.2, 0.25) is 21.8 Å². The Morgan fingerprint density at radius 3 is 2.50 bits per heavy atom. The number of carboxylic acids is 2. The molecule has 0 aliphatic carbocycles. The number of amides is 3. The SMILES string of the molecule is CC1(C)CC(Nc2cccc(-c3sc(C(=O)O)c(OCC(=O)O)c3Cl)c2)CCN1S(=O)(=O)Cc1ccc2ncc(N3CCC(c4ccc5c6c(cccc46)C(=O)N5C4CCC(=O)NC4=O)CC3)nc2n1. The molecule has 6 aromatic rings. The van der Waals surface area contributed by atoms with E-state index >= 15 is 0 Å². The third-order valence-electron chi connectivity index (χ3n) is 13.6. The largest absolute Gasteiger partial charge is 0.479 e. The van der Waals surface area contributed by atoms with Crippen LogP contribution in [0.15, 0.2) is 72.9 Å². The monoisotopic (exact) mass is 1010 g/mol. The number of piperidine rings is 3. The van der Waals surface area contributed by atoms with Crippen molar-refractivity contribution in [3.8, 4) is 16.2 Å². The third-order valence-corrected chi connectivity index (χ3v) is 17.3. The Balaban J connectivity index is 0.788. The van der Waals surface area contributed by atoms with Crippen molar-refractivity contribution < 1.29 is 47.3 Å². The number of aromatic carboxylic acids is 1. The lowest BCUT2D eigenvalue weighted by atomic mass is 9.85. The van der Waals surface area contributed by atoms with Crippen molar-refractivity contribution in [3.05, 3.63) is 99.6 Å². The first-order valence-electron chi connectivity index (χ1n) is 22.8. The van der Waals surface area contributed by atoms with E-state index in [0.29, 0.717) is 76.0 Å².